The first kappa shape index (κ1) is 12.1. The van der Waals surface area contributed by atoms with Crippen LogP contribution < -0.4 is 16.6 Å². The van der Waals surface area contributed by atoms with Crippen molar-refractivity contribution in [3.63, 3.8) is 0 Å². The van der Waals surface area contributed by atoms with Gasteiger partial charge in [-0.1, -0.05) is 6.42 Å². The molecule has 0 saturated heterocycles. The Morgan fingerprint density at radius 2 is 2.29 bits per heavy atom. The maximum atomic E-state index is 11.7. The van der Waals surface area contributed by atoms with Crippen molar-refractivity contribution in [1.29, 1.82) is 0 Å². The van der Waals surface area contributed by atoms with Gasteiger partial charge >= 0.3 is 0 Å². The lowest BCUT2D eigenvalue weighted by molar-refractivity contribution is 0.414. The maximum Gasteiger partial charge on any atom is 0.293 e. The van der Waals surface area contributed by atoms with Crippen LogP contribution >= 0.6 is 0 Å². The summed E-state index contributed by atoms with van der Waals surface area (Å²) in [5, 5.41) is 3.16. The monoisotopic (exact) mass is 236 g/mol. The van der Waals surface area contributed by atoms with Crippen molar-refractivity contribution in [2.75, 3.05) is 18.4 Å². The topological polar surface area (TPSA) is 72.9 Å². The molecular weight excluding hydrogens is 216 g/mol. The van der Waals surface area contributed by atoms with Gasteiger partial charge in [0.2, 0.25) is 0 Å². The van der Waals surface area contributed by atoms with Crippen molar-refractivity contribution in [1.82, 2.24) is 9.55 Å². The van der Waals surface area contributed by atoms with E-state index in [1.165, 1.54) is 23.8 Å². The summed E-state index contributed by atoms with van der Waals surface area (Å²) in [6.45, 7) is 1.54. The molecule has 1 saturated carbocycles. The molecule has 2 unspecified atom stereocenters. The summed E-state index contributed by atoms with van der Waals surface area (Å²) >= 11 is 0. The Kier molecular flexibility index (Phi) is 3.78. The molecule has 17 heavy (non-hydrogen) atoms. The predicted molar refractivity (Wildman–Crippen MR) is 67.9 cm³/mol. The quantitative estimate of drug-likeness (QED) is 0.801. The number of aromatic nitrogens is 2. The van der Waals surface area contributed by atoms with E-state index < -0.39 is 0 Å². The van der Waals surface area contributed by atoms with E-state index in [4.69, 9.17) is 5.73 Å². The molecule has 1 aliphatic carbocycles. The first-order valence-electron chi connectivity index (χ1n) is 6.18. The average Bonchev–Trinajstić information content (AvgIpc) is 2.78. The van der Waals surface area contributed by atoms with Crippen LogP contribution in [0.3, 0.4) is 0 Å². The van der Waals surface area contributed by atoms with E-state index in [0.717, 1.165) is 13.1 Å². The first-order valence-corrected chi connectivity index (χ1v) is 6.18. The standard InChI is InChI=1S/C12H20N4O/c1-16-6-5-14-11(12(16)17)15-8-10-4-2-3-9(10)7-13/h5-6,9-10H,2-4,7-8,13H2,1H3,(H,14,15). The van der Waals surface area contributed by atoms with Crippen LogP contribution in [0.2, 0.25) is 0 Å². The second-order valence-corrected chi connectivity index (χ2v) is 4.76. The highest BCUT2D eigenvalue weighted by atomic mass is 16.1. The Bertz CT molecular complexity index is 429. The zero-order valence-corrected chi connectivity index (χ0v) is 10.2. The first-order chi connectivity index (χ1) is 8.22. The van der Waals surface area contributed by atoms with E-state index in [9.17, 15) is 4.79 Å². The van der Waals surface area contributed by atoms with Crippen LogP contribution in [0, 0.1) is 11.8 Å². The highest BCUT2D eigenvalue weighted by Gasteiger charge is 2.25. The van der Waals surface area contributed by atoms with Gasteiger partial charge in [-0.15, -0.1) is 0 Å². The fourth-order valence-corrected chi connectivity index (χ4v) is 2.54. The molecule has 0 amide bonds. The van der Waals surface area contributed by atoms with Gasteiger partial charge < -0.3 is 15.6 Å². The molecule has 1 aromatic rings. The zero-order chi connectivity index (χ0) is 12.3. The molecule has 1 heterocycles. The largest absolute Gasteiger partial charge is 0.365 e. The van der Waals surface area contributed by atoms with E-state index in [1.807, 2.05) is 0 Å². The van der Waals surface area contributed by atoms with Gasteiger partial charge in [0.05, 0.1) is 0 Å². The number of nitrogens with zero attached hydrogens (tertiary/aromatic N) is 2. The molecule has 0 bridgehead atoms. The van der Waals surface area contributed by atoms with Crippen molar-refractivity contribution in [3.8, 4) is 0 Å². The second-order valence-electron chi connectivity index (χ2n) is 4.76. The summed E-state index contributed by atoms with van der Waals surface area (Å²) in [7, 11) is 1.73. The van der Waals surface area contributed by atoms with Crippen LogP contribution in [0.5, 0.6) is 0 Å². The van der Waals surface area contributed by atoms with Crippen molar-refractivity contribution < 1.29 is 0 Å². The molecule has 0 aromatic carbocycles. The lowest BCUT2D eigenvalue weighted by Gasteiger charge is -2.18. The van der Waals surface area contributed by atoms with Gasteiger partial charge in [-0.25, -0.2) is 4.98 Å². The van der Waals surface area contributed by atoms with Crippen molar-refractivity contribution >= 4 is 5.82 Å². The summed E-state index contributed by atoms with van der Waals surface area (Å²) in [6, 6.07) is 0. The van der Waals surface area contributed by atoms with E-state index in [0.29, 0.717) is 17.7 Å². The maximum absolute atomic E-state index is 11.7. The van der Waals surface area contributed by atoms with E-state index >= 15 is 0 Å². The number of hydrogen-bond donors (Lipinski definition) is 2. The molecule has 1 aliphatic rings. The minimum absolute atomic E-state index is 0.0743. The summed E-state index contributed by atoms with van der Waals surface area (Å²) in [4.78, 5) is 15.8. The van der Waals surface area contributed by atoms with Crippen LogP contribution in [0.15, 0.2) is 17.2 Å². The molecule has 0 aliphatic heterocycles. The van der Waals surface area contributed by atoms with Crippen LogP contribution in [-0.2, 0) is 7.05 Å². The molecule has 5 nitrogen and oxygen atoms in total. The lowest BCUT2D eigenvalue weighted by Crippen LogP contribution is -2.28. The Hall–Kier alpha value is -1.36. The average molecular weight is 236 g/mol. The molecular formula is C12H20N4O. The van der Waals surface area contributed by atoms with E-state index in [-0.39, 0.29) is 5.56 Å². The second kappa shape index (κ2) is 5.31. The van der Waals surface area contributed by atoms with Crippen LogP contribution in [-0.4, -0.2) is 22.6 Å². The molecule has 1 aromatic heterocycles. The van der Waals surface area contributed by atoms with Gasteiger partial charge in [-0.3, -0.25) is 4.79 Å². The third-order valence-corrected chi connectivity index (χ3v) is 3.67. The Labute approximate surface area is 101 Å². The summed E-state index contributed by atoms with van der Waals surface area (Å²) < 4.78 is 1.53. The predicted octanol–water partition coefficient (Wildman–Crippen LogP) is 0.567. The molecule has 0 spiro atoms. The van der Waals surface area contributed by atoms with Gasteiger partial charge in [0.25, 0.3) is 5.56 Å². The third kappa shape index (κ3) is 2.66. The van der Waals surface area contributed by atoms with Gasteiger partial charge in [-0.05, 0) is 31.2 Å². The van der Waals surface area contributed by atoms with Crippen LogP contribution in [0.4, 0.5) is 5.82 Å². The summed E-state index contributed by atoms with van der Waals surface area (Å²) in [5.41, 5.74) is 5.66. The van der Waals surface area contributed by atoms with Crippen LogP contribution in [0.25, 0.3) is 0 Å². The minimum Gasteiger partial charge on any atom is -0.365 e. The van der Waals surface area contributed by atoms with Crippen LogP contribution in [0.1, 0.15) is 19.3 Å². The molecule has 1 fully saturated rings. The smallest absolute Gasteiger partial charge is 0.293 e. The number of nitrogens with one attached hydrogen (secondary N) is 1. The number of anilines is 1. The summed E-state index contributed by atoms with van der Waals surface area (Å²) in [6.07, 6.45) is 6.95. The highest BCUT2D eigenvalue weighted by Crippen LogP contribution is 2.30. The highest BCUT2D eigenvalue weighted by molar-refractivity contribution is 5.30. The number of aryl methyl sites for hydroxylation is 1. The van der Waals surface area contributed by atoms with E-state index in [1.54, 1.807) is 19.4 Å². The number of hydrogen-bond acceptors (Lipinski definition) is 4. The van der Waals surface area contributed by atoms with Gasteiger partial charge in [0.15, 0.2) is 5.82 Å². The Morgan fingerprint density at radius 1 is 1.53 bits per heavy atom. The van der Waals surface area contributed by atoms with Crippen molar-refractivity contribution in [3.05, 3.63) is 22.7 Å². The van der Waals surface area contributed by atoms with Gasteiger partial charge in [-0.2, -0.15) is 0 Å². The third-order valence-electron chi connectivity index (χ3n) is 3.67. The van der Waals surface area contributed by atoms with Crippen molar-refractivity contribution in [2.45, 2.75) is 19.3 Å². The fourth-order valence-electron chi connectivity index (χ4n) is 2.54. The number of nitrogens with two attached hydrogens (primary N) is 1. The molecule has 94 valence electrons. The fraction of sp³-hybridized carbons (Fsp3) is 0.667. The van der Waals surface area contributed by atoms with Crippen molar-refractivity contribution in [2.24, 2.45) is 24.6 Å². The van der Waals surface area contributed by atoms with E-state index in [2.05, 4.69) is 10.3 Å². The lowest BCUT2D eigenvalue weighted by atomic mass is 9.96. The van der Waals surface area contributed by atoms with Gasteiger partial charge in [0.1, 0.15) is 0 Å². The zero-order valence-electron chi connectivity index (χ0n) is 10.2. The Morgan fingerprint density at radius 3 is 3.06 bits per heavy atom. The summed E-state index contributed by atoms with van der Waals surface area (Å²) in [5.74, 6) is 1.61. The minimum atomic E-state index is -0.0743. The van der Waals surface area contributed by atoms with Gasteiger partial charge in [0, 0.05) is 26.0 Å². The molecule has 5 heteroatoms. The molecule has 2 atom stereocenters. The molecule has 0 radical (unpaired) electrons. The Balaban J connectivity index is 1.98. The normalized spacial score (nSPS) is 23.9. The molecule has 2 rings (SSSR count). The molecule has 3 N–H and O–H groups in total. The SMILES string of the molecule is Cn1ccnc(NCC2CCCC2CN)c1=O. The number of rotatable bonds is 4.